The van der Waals surface area contributed by atoms with Crippen LogP contribution in [0, 0.1) is 6.92 Å². The summed E-state index contributed by atoms with van der Waals surface area (Å²) in [4.78, 5) is 4.61. The van der Waals surface area contributed by atoms with Gasteiger partial charge in [-0.25, -0.2) is 4.98 Å². The van der Waals surface area contributed by atoms with Crippen LogP contribution in [0.3, 0.4) is 0 Å². The minimum absolute atomic E-state index is 0.825. The Morgan fingerprint density at radius 3 is 2.76 bits per heavy atom. The Morgan fingerprint density at radius 1 is 1.24 bits per heavy atom. The maximum Gasteiger partial charge on any atom is 0.145 e. The van der Waals surface area contributed by atoms with Gasteiger partial charge in [0.05, 0.1) is 7.11 Å². The number of anilines is 1. The highest BCUT2D eigenvalue weighted by molar-refractivity contribution is 5.88. The molecule has 0 radical (unpaired) electrons. The summed E-state index contributed by atoms with van der Waals surface area (Å²) < 4.78 is 5.35. The van der Waals surface area contributed by atoms with Crippen LogP contribution in [0.25, 0.3) is 10.9 Å². The Hall–Kier alpha value is -1.77. The van der Waals surface area contributed by atoms with Crippen LogP contribution >= 0.6 is 0 Å². The van der Waals surface area contributed by atoms with Crippen molar-refractivity contribution in [2.45, 2.75) is 20.3 Å². The highest BCUT2D eigenvalue weighted by Gasteiger charge is 2.06. The smallest absolute Gasteiger partial charge is 0.145 e. The molecule has 0 saturated heterocycles. The van der Waals surface area contributed by atoms with E-state index in [1.807, 2.05) is 12.1 Å². The normalized spacial score (nSPS) is 10.5. The number of rotatable bonds is 4. The van der Waals surface area contributed by atoms with Crippen molar-refractivity contribution in [3.63, 3.8) is 0 Å². The fourth-order valence-electron chi connectivity index (χ4n) is 1.85. The largest absolute Gasteiger partial charge is 0.494 e. The Kier molecular flexibility index (Phi) is 3.47. The van der Waals surface area contributed by atoms with E-state index >= 15 is 0 Å². The van der Waals surface area contributed by atoms with E-state index in [1.54, 1.807) is 7.11 Å². The summed E-state index contributed by atoms with van der Waals surface area (Å²) >= 11 is 0. The molecule has 0 atom stereocenters. The number of aromatic nitrogens is 1. The third-order valence-corrected chi connectivity index (χ3v) is 2.81. The molecular weight excluding hydrogens is 212 g/mol. The van der Waals surface area contributed by atoms with Crippen molar-refractivity contribution in [3.8, 4) is 5.75 Å². The summed E-state index contributed by atoms with van der Waals surface area (Å²) in [5, 5.41) is 4.44. The number of pyridine rings is 1. The number of fused-ring (bicyclic) bond motifs is 1. The Labute approximate surface area is 102 Å². The highest BCUT2D eigenvalue weighted by atomic mass is 16.5. The van der Waals surface area contributed by atoms with Crippen LogP contribution in [0.5, 0.6) is 5.75 Å². The molecular formula is C14H18N2O. The fourth-order valence-corrected chi connectivity index (χ4v) is 1.85. The van der Waals surface area contributed by atoms with Gasteiger partial charge in [0.15, 0.2) is 0 Å². The summed E-state index contributed by atoms with van der Waals surface area (Å²) in [5.74, 6) is 1.73. The first-order chi connectivity index (χ1) is 8.26. The molecule has 0 aliphatic heterocycles. The van der Waals surface area contributed by atoms with Gasteiger partial charge in [0.25, 0.3) is 0 Å². The molecule has 0 spiro atoms. The SMILES string of the molecule is CCCNc1ccc2c(C)ccc(OC)c2n1. The first-order valence-electron chi connectivity index (χ1n) is 5.94. The topological polar surface area (TPSA) is 34.1 Å². The van der Waals surface area contributed by atoms with Gasteiger partial charge in [0, 0.05) is 11.9 Å². The van der Waals surface area contributed by atoms with Crippen LogP contribution in [0.4, 0.5) is 5.82 Å². The quantitative estimate of drug-likeness (QED) is 0.874. The molecule has 2 aromatic rings. The minimum Gasteiger partial charge on any atom is -0.494 e. The molecule has 0 bridgehead atoms. The molecule has 0 amide bonds. The van der Waals surface area contributed by atoms with Gasteiger partial charge in [-0.1, -0.05) is 13.0 Å². The van der Waals surface area contributed by atoms with E-state index in [9.17, 15) is 0 Å². The molecule has 1 aromatic heterocycles. The standard InChI is InChI=1S/C14H18N2O/c1-4-9-15-13-8-6-11-10(2)5-7-12(17-3)14(11)16-13/h5-8H,4,9H2,1-3H3,(H,15,16). The predicted molar refractivity (Wildman–Crippen MR) is 71.8 cm³/mol. The van der Waals surface area contributed by atoms with Crippen LogP contribution < -0.4 is 10.1 Å². The van der Waals surface area contributed by atoms with E-state index in [2.05, 4.69) is 36.3 Å². The lowest BCUT2D eigenvalue weighted by molar-refractivity contribution is 0.419. The summed E-state index contributed by atoms with van der Waals surface area (Å²) in [5.41, 5.74) is 2.14. The molecule has 0 unspecified atom stereocenters. The second-order valence-corrected chi connectivity index (χ2v) is 4.10. The van der Waals surface area contributed by atoms with Crippen LogP contribution in [0.2, 0.25) is 0 Å². The zero-order valence-electron chi connectivity index (χ0n) is 10.6. The third-order valence-electron chi connectivity index (χ3n) is 2.81. The number of hydrogen-bond donors (Lipinski definition) is 1. The number of hydrogen-bond acceptors (Lipinski definition) is 3. The first kappa shape index (κ1) is 11.7. The average Bonchev–Trinajstić information content (AvgIpc) is 2.37. The Morgan fingerprint density at radius 2 is 2.06 bits per heavy atom. The molecule has 0 aliphatic carbocycles. The van der Waals surface area contributed by atoms with Gasteiger partial charge in [-0.05, 0) is 37.1 Å². The second-order valence-electron chi connectivity index (χ2n) is 4.10. The number of benzene rings is 1. The summed E-state index contributed by atoms with van der Waals surface area (Å²) in [6, 6.07) is 8.14. The lowest BCUT2D eigenvalue weighted by Crippen LogP contribution is -2.02. The van der Waals surface area contributed by atoms with Crippen molar-refractivity contribution < 1.29 is 4.74 Å². The lowest BCUT2D eigenvalue weighted by atomic mass is 10.1. The maximum atomic E-state index is 5.35. The van der Waals surface area contributed by atoms with Crippen LogP contribution in [-0.2, 0) is 0 Å². The number of methoxy groups -OCH3 is 1. The van der Waals surface area contributed by atoms with Crippen molar-refractivity contribution in [1.29, 1.82) is 0 Å². The van der Waals surface area contributed by atoms with Crippen molar-refractivity contribution in [1.82, 2.24) is 4.98 Å². The predicted octanol–water partition coefficient (Wildman–Crippen LogP) is 3.37. The molecule has 0 saturated carbocycles. The zero-order chi connectivity index (χ0) is 12.3. The van der Waals surface area contributed by atoms with Gasteiger partial charge < -0.3 is 10.1 Å². The van der Waals surface area contributed by atoms with E-state index in [0.717, 1.165) is 35.4 Å². The minimum atomic E-state index is 0.825. The third kappa shape index (κ3) is 2.33. The Balaban J connectivity index is 2.50. The lowest BCUT2D eigenvalue weighted by Gasteiger charge is -2.09. The van der Waals surface area contributed by atoms with Gasteiger partial charge in [0.2, 0.25) is 0 Å². The molecule has 3 heteroatoms. The fraction of sp³-hybridized carbons (Fsp3) is 0.357. The number of nitrogens with one attached hydrogen (secondary N) is 1. The molecule has 1 aromatic carbocycles. The molecule has 1 N–H and O–H groups in total. The van der Waals surface area contributed by atoms with E-state index in [-0.39, 0.29) is 0 Å². The molecule has 0 fully saturated rings. The van der Waals surface area contributed by atoms with E-state index in [4.69, 9.17) is 4.74 Å². The molecule has 0 aliphatic rings. The molecule has 2 rings (SSSR count). The first-order valence-corrected chi connectivity index (χ1v) is 5.94. The zero-order valence-corrected chi connectivity index (χ0v) is 10.6. The number of aryl methyl sites for hydroxylation is 1. The van der Waals surface area contributed by atoms with Gasteiger partial charge in [-0.3, -0.25) is 0 Å². The van der Waals surface area contributed by atoms with Crippen molar-refractivity contribution >= 4 is 16.7 Å². The van der Waals surface area contributed by atoms with Gasteiger partial charge in [0.1, 0.15) is 17.1 Å². The van der Waals surface area contributed by atoms with Crippen molar-refractivity contribution in [2.24, 2.45) is 0 Å². The second kappa shape index (κ2) is 5.04. The van der Waals surface area contributed by atoms with Crippen molar-refractivity contribution in [2.75, 3.05) is 19.0 Å². The van der Waals surface area contributed by atoms with Crippen LogP contribution in [0.15, 0.2) is 24.3 Å². The molecule has 1 heterocycles. The van der Waals surface area contributed by atoms with Gasteiger partial charge in [-0.2, -0.15) is 0 Å². The number of nitrogens with zero attached hydrogens (tertiary/aromatic N) is 1. The van der Waals surface area contributed by atoms with E-state index in [0.29, 0.717) is 0 Å². The summed E-state index contributed by atoms with van der Waals surface area (Å²) in [6.07, 6.45) is 1.09. The summed E-state index contributed by atoms with van der Waals surface area (Å²) in [7, 11) is 1.68. The van der Waals surface area contributed by atoms with Gasteiger partial charge >= 0.3 is 0 Å². The Bertz CT molecular complexity index is 523. The van der Waals surface area contributed by atoms with E-state index < -0.39 is 0 Å². The van der Waals surface area contributed by atoms with Gasteiger partial charge in [-0.15, -0.1) is 0 Å². The van der Waals surface area contributed by atoms with Crippen molar-refractivity contribution in [3.05, 3.63) is 29.8 Å². The maximum absolute atomic E-state index is 5.35. The molecule has 3 nitrogen and oxygen atoms in total. The highest BCUT2D eigenvalue weighted by Crippen LogP contribution is 2.27. The number of ether oxygens (including phenoxy) is 1. The van der Waals surface area contributed by atoms with E-state index in [1.165, 1.54) is 5.56 Å². The molecule has 17 heavy (non-hydrogen) atoms. The molecule has 90 valence electrons. The average molecular weight is 230 g/mol. The summed E-state index contributed by atoms with van der Waals surface area (Å²) in [6.45, 7) is 5.16. The van der Waals surface area contributed by atoms with Crippen LogP contribution in [-0.4, -0.2) is 18.6 Å². The monoisotopic (exact) mass is 230 g/mol. The van der Waals surface area contributed by atoms with Crippen LogP contribution in [0.1, 0.15) is 18.9 Å².